The molecule has 0 spiro atoms. The number of carbonyl (C=O) groups is 3. The van der Waals surface area contributed by atoms with Crippen molar-refractivity contribution in [2.24, 2.45) is 0 Å². The minimum absolute atomic E-state index is 0.0592. The molecule has 0 saturated carbocycles. The van der Waals surface area contributed by atoms with Crippen LogP contribution in [0.5, 0.6) is 0 Å². The minimum Gasteiger partial charge on any atom is -0.355 e. The first kappa shape index (κ1) is 23.2. The van der Waals surface area contributed by atoms with Gasteiger partial charge in [0, 0.05) is 46.7 Å². The summed E-state index contributed by atoms with van der Waals surface area (Å²) in [5.41, 5.74) is 6.92. The number of aryl methyl sites for hydroxylation is 3. The molecule has 3 aromatic carbocycles. The van der Waals surface area contributed by atoms with E-state index in [-0.39, 0.29) is 23.6 Å². The van der Waals surface area contributed by atoms with Gasteiger partial charge in [-0.15, -0.1) is 0 Å². The van der Waals surface area contributed by atoms with Crippen LogP contribution in [0, 0.1) is 6.92 Å². The first-order valence-corrected chi connectivity index (χ1v) is 11.5. The fourth-order valence-electron chi connectivity index (χ4n) is 4.20. The number of amides is 2. The van der Waals surface area contributed by atoms with Crippen molar-refractivity contribution in [2.75, 3.05) is 12.4 Å². The molecule has 174 valence electrons. The number of hydrogen-bond donors (Lipinski definition) is 3. The Hall–Kier alpha value is -3.93. The van der Waals surface area contributed by atoms with Gasteiger partial charge in [-0.3, -0.25) is 14.4 Å². The molecule has 0 aliphatic heterocycles. The van der Waals surface area contributed by atoms with Gasteiger partial charge in [-0.25, -0.2) is 0 Å². The van der Waals surface area contributed by atoms with Crippen LogP contribution in [-0.2, 0) is 12.8 Å². The second-order valence-corrected chi connectivity index (χ2v) is 8.93. The Bertz CT molecular complexity index is 1290. The molecule has 3 N–H and O–H groups in total. The molecule has 6 heteroatoms. The predicted octanol–water partition coefficient (Wildman–Crippen LogP) is 4.57. The van der Waals surface area contributed by atoms with E-state index in [1.807, 2.05) is 63.2 Å². The van der Waals surface area contributed by atoms with Gasteiger partial charge in [0.05, 0.1) is 0 Å². The smallest absolute Gasteiger partial charge is 0.251 e. The topological polar surface area (TPSA) is 87.3 Å². The second kappa shape index (κ2) is 9.51. The Kier molecular flexibility index (Phi) is 6.50. The van der Waals surface area contributed by atoms with E-state index >= 15 is 0 Å². The van der Waals surface area contributed by atoms with Crippen LogP contribution in [0.2, 0.25) is 0 Å². The molecule has 0 unspecified atom stereocenters. The zero-order valence-electron chi connectivity index (χ0n) is 19.9. The molecular weight excluding hydrogens is 426 g/mol. The van der Waals surface area contributed by atoms with E-state index in [1.165, 1.54) is 0 Å². The third-order valence-electron chi connectivity index (χ3n) is 6.06. The van der Waals surface area contributed by atoms with Crippen molar-refractivity contribution < 1.29 is 14.4 Å². The third-order valence-corrected chi connectivity index (χ3v) is 6.06. The van der Waals surface area contributed by atoms with E-state index in [1.54, 1.807) is 19.2 Å². The van der Waals surface area contributed by atoms with Crippen LogP contribution in [0.3, 0.4) is 0 Å². The van der Waals surface area contributed by atoms with Gasteiger partial charge in [-0.1, -0.05) is 12.1 Å². The van der Waals surface area contributed by atoms with Crippen LogP contribution in [0.15, 0.2) is 54.6 Å². The fraction of sp³-hybridized carbons (Fsp3) is 0.250. The maximum Gasteiger partial charge on any atom is 0.251 e. The third kappa shape index (κ3) is 4.71. The summed E-state index contributed by atoms with van der Waals surface area (Å²) in [4.78, 5) is 37.8. The lowest BCUT2D eigenvalue weighted by Crippen LogP contribution is -2.30. The highest BCUT2D eigenvalue weighted by molar-refractivity contribution is 6.12. The molecule has 0 atom stereocenters. The van der Waals surface area contributed by atoms with Crippen LogP contribution in [0.4, 0.5) is 11.4 Å². The largest absolute Gasteiger partial charge is 0.355 e. The highest BCUT2D eigenvalue weighted by Gasteiger charge is 2.23. The Morgan fingerprint density at radius 3 is 2.26 bits per heavy atom. The van der Waals surface area contributed by atoms with E-state index in [2.05, 4.69) is 16.0 Å². The lowest BCUT2D eigenvalue weighted by molar-refractivity contribution is 0.0939. The van der Waals surface area contributed by atoms with Gasteiger partial charge in [-0.2, -0.15) is 0 Å². The number of hydrogen-bond acceptors (Lipinski definition) is 4. The van der Waals surface area contributed by atoms with Crippen molar-refractivity contribution >= 4 is 29.0 Å². The second-order valence-electron chi connectivity index (χ2n) is 8.93. The standard InChI is InChI=1S/C28H29N3O3/c1-16(2)30-28(34)21-6-5-17(3)25(15-21)31-22-11-12-23-19(13-22)9-7-18-8-10-20(27(33)29-4)14-24(18)26(23)32/h5-6,8,10-16,31H,7,9H2,1-4H3,(H,29,33)(H,30,34). The molecule has 0 saturated heterocycles. The zero-order valence-corrected chi connectivity index (χ0v) is 19.9. The normalized spacial score (nSPS) is 12.4. The van der Waals surface area contributed by atoms with E-state index < -0.39 is 0 Å². The van der Waals surface area contributed by atoms with Gasteiger partial charge >= 0.3 is 0 Å². The summed E-state index contributed by atoms with van der Waals surface area (Å²) in [5, 5.41) is 8.94. The average molecular weight is 456 g/mol. The summed E-state index contributed by atoms with van der Waals surface area (Å²) in [6.07, 6.45) is 1.44. The van der Waals surface area contributed by atoms with Gasteiger partial charge in [0.1, 0.15) is 0 Å². The van der Waals surface area contributed by atoms with Crippen LogP contribution in [0.25, 0.3) is 0 Å². The summed E-state index contributed by atoms with van der Waals surface area (Å²) in [5.74, 6) is -0.387. The van der Waals surface area contributed by atoms with E-state index in [0.29, 0.717) is 22.3 Å². The molecule has 0 aromatic heterocycles. The molecule has 34 heavy (non-hydrogen) atoms. The molecule has 3 aromatic rings. The number of fused-ring (bicyclic) bond motifs is 2. The van der Waals surface area contributed by atoms with E-state index in [4.69, 9.17) is 0 Å². The molecule has 0 radical (unpaired) electrons. The first-order valence-electron chi connectivity index (χ1n) is 11.5. The highest BCUT2D eigenvalue weighted by Crippen LogP contribution is 2.29. The Morgan fingerprint density at radius 1 is 0.824 bits per heavy atom. The number of benzene rings is 3. The summed E-state index contributed by atoms with van der Waals surface area (Å²) in [6.45, 7) is 5.85. The summed E-state index contributed by atoms with van der Waals surface area (Å²) in [6, 6.07) is 16.7. The van der Waals surface area contributed by atoms with Crippen molar-refractivity contribution in [1.29, 1.82) is 0 Å². The van der Waals surface area contributed by atoms with Gasteiger partial charge in [0.2, 0.25) is 0 Å². The number of ketones is 1. The quantitative estimate of drug-likeness (QED) is 0.526. The van der Waals surface area contributed by atoms with Gasteiger partial charge in [-0.05, 0) is 92.8 Å². The van der Waals surface area contributed by atoms with Gasteiger partial charge in [0.15, 0.2) is 5.78 Å². The van der Waals surface area contributed by atoms with Crippen LogP contribution in [-0.4, -0.2) is 30.7 Å². The highest BCUT2D eigenvalue weighted by atomic mass is 16.2. The first-order chi connectivity index (χ1) is 16.3. The molecule has 1 aliphatic rings. The van der Waals surface area contributed by atoms with Gasteiger partial charge in [0.25, 0.3) is 11.8 Å². The molecule has 2 amide bonds. The maximum atomic E-state index is 13.3. The molecule has 0 heterocycles. The number of carbonyl (C=O) groups excluding carboxylic acids is 3. The van der Waals surface area contributed by atoms with Crippen molar-refractivity contribution in [3.05, 3.63) is 93.5 Å². The monoisotopic (exact) mass is 455 g/mol. The number of rotatable bonds is 5. The molecule has 6 nitrogen and oxygen atoms in total. The SMILES string of the molecule is CNC(=O)c1ccc2c(c1)C(=O)c1ccc(Nc3cc(C(=O)NC(C)C)ccc3C)cc1CC2. The lowest BCUT2D eigenvalue weighted by atomic mass is 9.96. The van der Waals surface area contributed by atoms with Crippen LogP contribution < -0.4 is 16.0 Å². The lowest BCUT2D eigenvalue weighted by Gasteiger charge is -2.14. The number of nitrogens with one attached hydrogen (secondary N) is 3. The van der Waals surface area contributed by atoms with Gasteiger partial charge < -0.3 is 16.0 Å². The van der Waals surface area contributed by atoms with E-state index in [9.17, 15) is 14.4 Å². The van der Waals surface area contributed by atoms with Crippen molar-refractivity contribution in [3.8, 4) is 0 Å². The minimum atomic E-state index is -0.209. The Morgan fingerprint density at radius 2 is 1.53 bits per heavy atom. The summed E-state index contributed by atoms with van der Waals surface area (Å²) >= 11 is 0. The van der Waals surface area contributed by atoms with Crippen molar-refractivity contribution in [1.82, 2.24) is 10.6 Å². The molecular formula is C28H29N3O3. The fourth-order valence-corrected chi connectivity index (χ4v) is 4.20. The van der Waals surface area contributed by atoms with Crippen LogP contribution >= 0.6 is 0 Å². The van der Waals surface area contributed by atoms with Crippen molar-refractivity contribution in [2.45, 2.75) is 39.7 Å². The molecule has 4 rings (SSSR count). The Labute approximate surface area is 199 Å². The predicted molar refractivity (Wildman–Crippen MR) is 134 cm³/mol. The Balaban J connectivity index is 1.62. The van der Waals surface area contributed by atoms with E-state index in [0.717, 1.165) is 40.9 Å². The molecule has 0 bridgehead atoms. The van der Waals surface area contributed by atoms with Crippen molar-refractivity contribution in [3.63, 3.8) is 0 Å². The van der Waals surface area contributed by atoms with Crippen LogP contribution in [0.1, 0.15) is 67.2 Å². The summed E-state index contributed by atoms with van der Waals surface area (Å²) in [7, 11) is 1.58. The number of anilines is 2. The zero-order chi connectivity index (χ0) is 24.4. The maximum absolute atomic E-state index is 13.3. The summed E-state index contributed by atoms with van der Waals surface area (Å²) < 4.78 is 0. The molecule has 1 aliphatic carbocycles. The average Bonchev–Trinajstić information content (AvgIpc) is 2.95. The molecule has 0 fully saturated rings.